The van der Waals surface area contributed by atoms with Crippen LogP contribution in [-0.4, -0.2) is 40.3 Å². The van der Waals surface area contributed by atoms with Crippen LogP contribution in [0.4, 0.5) is 4.39 Å². The first-order valence-corrected chi connectivity index (χ1v) is 9.40. The summed E-state index contributed by atoms with van der Waals surface area (Å²) in [5.74, 6) is -0.390. The standard InChI is InChI=1S/C21H19ClFN3O2/c22-19-4-2-1-3-16(19)12-26-13-17(11-24-26)21(27)25-9-10-28-20(14-25)15-5-7-18(23)8-6-15/h1-8,11,13,20H,9-10,12,14H2. The van der Waals surface area contributed by atoms with Gasteiger partial charge in [-0.1, -0.05) is 41.9 Å². The number of nitrogens with zero attached hydrogens (tertiary/aromatic N) is 3. The molecule has 1 amide bonds. The molecule has 1 unspecified atom stereocenters. The molecule has 0 radical (unpaired) electrons. The quantitative estimate of drug-likeness (QED) is 0.667. The molecule has 7 heteroatoms. The predicted octanol–water partition coefficient (Wildman–Crippen LogP) is 3.94. The highest BCUT2D eigenvalue weighted by Gasteiger charge is 2.27. The number of halogens is 2. The summed E-state index contributed by atoms with van der Waals surface area (Å²) in [6, 6.07) is 13.7. The summed E-state index contributed by atoms with van der Waals surface area (Å²) in [6.07, 6.45) is 3.03. The molecule has 0 bridgehead atoms. The minimum Gasteiger partial charge on any atom is -0.370 e. The number of amides is 1. The lowest BCUT2D eigenvalue weighted by molar-refractivity contribution is -0.0228. The highest BCUT2D eigenvalue weighted by atomic mass is 35.5. The zero-order chi connectivity index (χ0) is 19.5. The smallest absolute Gasteiger partial charge is 0.257 e. The number of aromatic nitrogens is 2. The third-order valence-corrected chi connectivity index (χ3v) is 5.13. The Balaban J connectivity index is 1.45. The minimum atomic E-state index is -0.293. The fraction of sp³-hybridized carbons (Fsp3) is 0.238. The Bertz CT molecular complexity index is 974. The lowest BCUT2D eigenvalue weighted by atomic mass is 10.1. The van der Waals surface area contributed by atoms with Gasteiger partial charge in [-0.3, -0.25) is 9.48 Å². The number of ether oxygens (including phenoxy) is 1. The molecule has 2 aromatic carbocycles. The molecule has 144 valence electrons. The second-order valence-corrected chi connectivity index (χ2v) is 7.09. The molecule has 28 heavy (non-hydrogen) atoms. The molecule has 3 aromatic rings. The van der Waals surface area contributed by atoms with E-state index in [1.165, 1.54) is 12.1 Å². The van der Waals surface area contributed by atoms with Gasteiger partial charge in [0.2, 0.25) is 0 Å². The van der Waals surface area contributed by atoms with Crippen molar-refractivity contribution >= 4 is 17.5 Å². The predicted molar refractivity (Wildman–Crippen MR) is 104 cm³/mol. The average molecular weight is 400 g/mol. The van der Waals surface area contributed by atoms with Crippen molar-refractivity contribution in [3.8, 4) is 0 Å². The zero-order valence-corrected chi connectivity index (χ0v) is 15.8. The van der Waals surface area contributed by atoms with Gasteiger partial charge in [0.15, 0.2) is 0 Å². The van der Waals surface area contributed by atoms with E-state index >= 15 is 0 Å². The van der Waals surface area contributed by atoms with Gasteiger partial charge in [-0.15, -0.1) is 0 Å². The second-order valence-electron chi connectivity index (χ2n) is 6.68. The highest BCUT2D eigenvalue weighted by molar-refractivity contribution is 6.31. The molecule has 2 heterocycles. The molecular formula is C21H19ClFN3O2. The van der Waals surface area contributed by atoms with Gasteiger partial charge in [0.05, 0.1) is 31.5 Å². The van der Waals surface area contributed by atoms with Gasteiger partial charge in [0.1, 0.15) is 11.9 Å². The van der Waals surface area contributed by atoms with Gasteiger partial charge in [-0.05, 0) is 29.3 Å². The Kier molecular flexibility index (Phi) is 5.41. The van der Waals surface area contributed by atoms with Crippen LogP contribution < -0.4 is 0 Å². The molecule has 1 fully saturated rings. The maximum absolute atomic E-state index is 13.1. The number of rotatable bonds is 4. The van der Waals surface area contributed by atoms with E-state index < -0.39 is 0 Å². The van der Waals surface area contributed by atoms with Crippen LogP contribution in [0.5, 0.6) is 0 Å². The molecular weight excluding hydrogens is 381 g/mol. The van der Waals surface area contributed by atoms with Crippen molar-refractivity contribution in [1.82, 2.24) is 14.7 Å². The van der Waals surface area contributed by atoms with Crippen molar-refractivity contribution in [2.45, 2.75) is 12.6 Å². The van der Waals surface area contributed by atoms with Crippen molar-refractivity contribution in [2.24, 2.45) is 0 Å². The van der Waals surface area contributed by atoms with Crippen LogP contribution in [0.2, 0.25) is 5.02 Å². The van der Waals surface area contributed by atoms with Gasteiger partial charge in [0, 0.05) is 17.8 Å². The van der Waals surface area contributed by atoms with Gasteiger partial charge >= 0.3 is 0 Å². The number of benzene rings is 2. The third-order valence-electron chi connectivity index (χ3n) is 4.77. The topological polar surface area (TPSA) is 47.4 Å². The number of carbonyl (C=O) groups is 1. The number of carbonyl (C=O) groups excluding carboxylic acids is 1. The molecule has 1 saturated heterocycles. The lowest BCUT2D eigenvalue weighted by Crippen LogP contribution is -2.42. The maximum atomic E-state index is 13.1. The molecule has 0 N–H and O–H groups in total. The molecule has 0 saturated carbocycles. The molecule has 1 atom stereocenters. The first kappa shape index (κ1) is 18.7. The Morgan fingerprint density at radius 2 is 2.00 bits per heavy atom. The molecule has 1 aliphatic heterocycles. The highest BCUT2D eigenvalue weighted by Crippen LogP contribution is 2.24. The molecule has 0 spiro atoms. The summed E-state index contributed by atoms with van der Waals surface area (Å²) < 4.78 is 20.6. The van der Waals surface area contributed by atoms with Crippen LogP contribution in [0.25, 0.3) is 0 Å². The normalized spacial score (nSPS) is 16.9. The Hall–Kier alpha value is -2.70. The van der Waals surface area contributed by atoms with E-state index in [4.69, 9.17) is 16.3 Å². The lowest BCUT2D eigenvalue weighted by Gasteiger charge is -2.33. The van der Waals surface area contributed by atoms with Crippen LogP contribution in [0.15, 0.2) is 60.9 Å². The fourth-order valence-electron chi connectivity index (χ4n) is 3.26. The van der Waals surface area contributed by atoms with Crippen LogP contribution in [-0.2, 0) is 11.3 Å². The Morgan fingerprint density at radius 1 is 1.21 bits per heavy atom. The zero-order valence-electron chi connectivity index (χ0n) is 15.1. The first-order chi connectivity index (χ1) is 13.6. The Labute approximate surface area is 167 Å². The maximum Gasteiger partial charge on any atom is 0.257 e. The molecule has 1 aromatic heterocycles. The van der Waals surface area contributed by atoms with Gasteiger partial charge < -0.3 is 9.64 Å². The molecule has 0 aliphatic carbocycles. The summed E-state index contributed by atoms with van der Waals surface area (Å²) in [4.78, 5) is 14.6. The summed E-state index contributed by atoms with van der Waals surface area (Å²) in [5, 5.41) is 4.96. The van der Waals surface area contributed by atoms with Crippen LogP contribution in [0, 0.1) is 5.82 Å². The van der Waals surface area contributed by atoms with Crippen molar-refractivity contribution in [2.75, 3.05) is 19.7 Å². The Morgan fingerprint density at radius 3 is 2.79 bits per heavy atom. The molecule has 5 nitrogen and oxygen atoms in total. The SMILES string of the molecule is O=C(c1cnn(Cc2ccccc2Cl)c1)N1CCOC(c2ccc(F)cc2)C1. The number of hydrogen-bond donors (Lipinski definition) is 0. The molecule has 1 aliphatic rings. The van der Waals surface area contributed by atoms with Gasteiger partial charge in [-0.25, -0.2) is 4.39 Å². The fourth-order valence-corrected chi connectivity index (χ4v) is 3.45. The summed E-state index contributed by atoms with van der Waals surface area (Å²) >= 11 is 6.20. The number of morpholine rings is 1. The number of hydrogen-bond acceptors (Lipinski definition) is 3. The van der Waals surface area contributed by atoms with Crippen LogP contribution in [0.1, 0.15) is 27.6 Å². The van der Waals surface area contributed by atoms with Crippen molar-refractivity contribution in [1.29, 1.82) is 0 Å². The van der Waals surface area contributed by atoms with E-state index in [0.717, 1.165) is 11.1 Å². The first-order valence-electron chi connectivity index (χ1n) is 9.02. The third kappa shape index (κ3) is 4.08. The van der Waals surface area contributed by atoms with Crippen LogP contribution >= 0.6 is 11.6 Å². The summed E-state index contributed by atoms with van der Waals surface area (Å²) in [6.45, 7) is 1.85. The largest absolute Gasteiger partial charge is 0.370 e. The van der Waals surface area contributed by atoms with Crippen molar-refractivity contribution < 1.29 is 13.9 Å². The van der Waals surface area contributed by atoms with E-state index in [1.807, 2.05) is 24.3 Å². The summed E-state index contributed by atoms with van der Waals surface area (Å²) in [5.41, 5.74) is 2.31. The van der Waals surface area contributed by atoms with E-state index in [1.54, 1.807) is 34.1 Å². The minimum absolute atomic E-state index is 0.0965. The second kappa shape index (κ2) is 8.12. The van der Waals surface area contributed by atoms with E-state index in [0.29, 0.717) is 36.8 Å². The van der Waals surface area contributed by atoms with Crippen LogP contribution in [0.3, 0.4) is 0 Å². The molecule has 4 rings (SSSR count). The van der Waals surface area contributed by atoms with Crippen molar-refractivity contribution in [3.63, 3.8) is 0 Å². The van der Waals surface area contributed by atoms with E-state index in [2.05, 4.69) is 5.10 Å². The van der Waals surface area contributed by atoms with E-state index in [-0.39, 0.29) is 17.8 Å². The summed E-state index contributed by atoms with van der Waals surface area (Å²) in [7, 11) is 0. The van der Waals surface area contributed by atoms with Gasteiger partial charge in [0.25, 0.3) is 5.91 Å². The van der Waals surface area contributed by atoms with Gasteiger partial charge in [-0.2, -0.15) is 5.10 Å². The monoisotopic (exact) mass is 399 g/mol. The van der Waals surface area contributed by atoms with E-state index in [9.17, 15) is 9.18 Å². The van der Waals surface area contributed by atoms with Crippen molar-refractivity contribution in [3.05, 3.63) is 88.5 Å². The average Bonchev–Trinajstić information content (AvgIpc) is 3.18.